The van der Waals surface area contributed by atoms with E-state index in [9.17, 15) is 8.42 Å². The fraction of sp³-hybridized carbons (Fsp3) is 0.556. The molecule has 5 heteroatoms. The molecule has 0 aliphatic rings. The molecule has 0 amide bonds. The maximum Gasteiger partial charge on any atom is 0.295 e. The van der Waals surface area contributed by atoms with Crippen LogP contribution in [0.4, 0.5) is 0 Å². The predicted octanol–water partition coefficient (Wildman–Crippen LogP) is 4.48. The number of unbranched alkanes of at least 4 members (excludes halogenated alkanes) is 5. The molecular formula is C18H31NO3S. The van der Waals surface area contributed by atoms with Gasteiger partial charge < -0.3 is 4.90 Å². The standard InChI is InChI=1S/C10H23N.C8H8O3S/c1-4-5-6-7-8-9-10-11(2)3;1-2-7-5-3-4-6-8(7)12(9,10)11/h4-10H2,1-3H3;2-6H,1H2,(H,9,10,11). The average molecular weight is 342 g/mol. The summed E-state index contributed by atoms with van der Waals surface area (Å²) in [5.41, 5.74) is 0.403. The number of rotatable bonds is 9. The van der Waals surface area contributed by atoms with Crippen molar-refractivity contribution in [1.29, 1.82) is 0 Å². The Morgan fingerprint density at radius 3 is 2.13 bits per heavy atom. The van der Waals surface area contributed by atoms with Gasteiger partial charge in [0.1, 0.15) is 4.90 Å². The Kier molecular flexibility index (Phi) is 11.7. The Morgan fingerprint density at radius 2 is 1.65 bits per heavy atom. The van der Waals surface area contributed by atoms with Crippen molar-refractivity contribution in [3.8, 4) is 0 Å². The summed E-state index contributed by atoms with van der Waals surface area (Å²) < 4.78 is 30.2. The summed E-state index contributed by atoms with van der Waals surface area (Å²) in [6.45, 7) is 6.95. The minimum Gasteiger partial charge on any atom is -0.309 e. The second kappa shape index (κ2) is 12.3. The first kappa shape index (κ1) is 21.8. The maximum atomic E-state index is 10.7. The molecule has 1 rings (SSSR count). The minimum absolute atomic E-state index is 0.111. The van der Waals surface area contributed by atoms with Crippen molar-refractivity contribution in [1.82, 2.24) is 4.90 Å². The molecular weight excluding hydrogens is 310 g/mol. The van der Waals surface area contributed by atoms with Crippen LogP contribution in [-0.4, -0.2) is 38.5 Å². The van der Waals surface area contributed by atoms with Gasteiger partial charge in [-0.15, -0.1) is 0 Å². The molecule has 0 aliphatic heterocycles. The fourth-order valence-corrected chi connectivity index (χ4v) is 2.79. The molecule has 1 aromatic carbocycles. The van der Waals surface area contributed by atoms with Gasteiger partial charge in [-0.2, -0.15) is 8.42 Å². The van der Waals surface area contributed by atoms with Gasteiger partial charge in [0.15, 0.2) is 0 Å². The molecule has 0 bridgehead atoms. The van der Waals surface area contributed by atoms with E-state index in [2.05, 4.69) is 32.5 Å². The summed E-state index contributed by atoms with van der Waals surface area (Å²) in [5, 5.41) is 0. The predicted molar refractivity (Wildman–Crippen MR) is 98.3 cm³/mol. The number of nitrogens with zero attached hydrogens (tertiary/aromatic N) is 1. The van der Waals surface area contributed by atoms with Gasteiger partial charge in [0.05, 0.1) is 0 Å². The van der Waals surface area contributed by atoms with Crippen LogP contribution in [0.3, 0.4) is 0 Å². The maximum absolute atomic E-state index is 10.7. The molecule has 23 heavy (non-hydrogen) atoms. The molecule has 132 valence electrons. The van der Waals surface area contributed by atoms with Crippen molar-refractivity contribution in [3.05, 3.63) is 36.4 Å². The van der Waals surface area contributed by atoms with E-state index in [-0.39, 0.29) is 4.90 Å². The van der Waals surface area contributed by atoms with Gasteiger partial charge in [0, 0.05) is 0 Å². The van der Waals surface area contributed by atoms with E-state index in [4.69, 9.17) is 4.55 Å². The normalized spacial score (nSPS) is 11.0. The van der Waals surface area contributed by atoms with Crippen molar-refractivity contribution in [2.75, 3.05) is 20.6 Å². The van der Waals surface area contributed by atoms with Crippen LogP contribution >= 0.6 is 0 Å². The first-order valence-corrected chi connectivity index (χ1v) is 9.60. The van der Waals surface area contributed by atoms with Gasteiger partial charge in [-0.3, -0.25) is 4.55 Å². The van der Waals surface area contributed by atoms with Crippen LogP contribution in [0.1, 0.15) is 51.0 Å². The average Bonchev–Trinajstić information content (AvgIpc) is 2.50. The zero-order chi connectivity index (χ0) is 17.7. The molecule has 0 aliphatic carbocycles. The Morgan fingerprint density at radius 1 is 1.09 bits per heavy atom. The summed E-state index contributed by atoms with van der Waals surface area (Å²) in [5.74, 6) is 0. The topological polar surface area (TPSA) is 57.6 Å². The third kappa shape index (κ3) is 11.1. The molecule has 0 saturated heterocycles. The Bertz CT molecular complexity index is 539. The van der Waals surface area contributed by atoms with E-state index in [1.165, 1.54) is 63.3 Å². The number of hydrogen-bond donors (Lipinski definition) is 1. The van der Waals surface area contributed by atoms with Gasteiger partial charge >= 0.3 is 0 Å². The molecule has 1 aromatic rings. The Balaban J connectivity index is 0.000000423. The molecule has 0 atom stereocenters. The number of hydrogen-bond acceptors (Lipinski definition) is 3. The van der Waals surface area contributed by atoms with E-state index in [0.717, 1.165) is 0 Å². The minimum atomic E-state index is -4.12. The summed E-state index contributed by atoms with van der Waals surface area (Å²) in [6, 6.07) is 6.10. The summed E-state index contributed by atoms with van der Waals surface area (Å²) in [4.78, 5) is 2.15. The lowest BCUT2D eigenvalue weighted by Gasteiger charge is -2.08. The summed E-state index contributed by atoms with van der Waals surface area (Å²) in [6.07, 6.45) is 9.80. The van der Waals surface area contributed by atoms with Crippen LogP contribution in [0.15, 0.2) is 35.7 Å². The first-order valence-electron chi connectivity index (χ1n) is 8.16. The van der Waals surface area contributed by atoms with Gasteiger partial charge in [-0.25, -0.2) is 0 Å². The lowest BCUT2D eigenvalue weighted by molar-refractivity contribution is 0.389. The van der Waals surface area contributed by atoms with Crippen LogP contribution in [0, 0.1) is 0 Å². The van der Waals surface area contributed by atoms with Crippen LogP contribution in [0.2, 0.25) is 0 Å². The second-order valence-corrected chi connectivity index (χ2v) is 7.18. The molecule has 0 unspecified atom stereocenters. The zero-order valence-corrected chi connectivity index (χ0v) is 15.5. The molecule has 0 radical (unpaired) electrons. The zero-order valence-electron chi connectivity index (χ0n) is 14.7. The van der Waals surface area contributed by atoms with E-state index in [0.29, 0.717) is 5.56 Å². The highest BCUT2D eigenvalue weighted by atomic mass is 32.2. The van der Waals surface area contributed by atoms with E-state index in [1.54, 1.807) is 12.1 Å². The molecule has 0 fully saturated rings. The van der Waals surface area contributed by atoms with Gasteiger partial charge in [-0.1, -0.05) is 69.9 Å². The van der Waals surface area contributed by atoms with Crippen molar-refractivity contribution >= 4 is 16.2 Å². The number of benzene rings is 1. The molecule has 0 aromatic heterocycles. The molecule has 0 saturated carbocycles. The highest BCUT2D eigenvalue weighted by molar-refractivity contribution is 7.85. The van der Waals surface area contributed by atoms with Crippen LogP contribution in [0.5, 0.6) is 0 Å². The third-order valence-corrected chi connectivity index (χ3v) is 4.30. The SMILES string of the molecule is C=Cc1ccccc1S(=O)(=O)O.CCCCCCCCN(C)C. The van der Waals surface area contributed by atoms with Crippen molar-refractivity contribution in [2.45, 2.75) is 50.3 Å². The van der Waals surface area contributed by atoms with Crippen LogP contribution in [-0.2, 0) is 10.1 Å². The van der Waals surface area contributed by atoms with Gasteiger partial charge in [-0.05, 0) is 38.7 Å². The highest BCUT2D eigenvalue weighted by Crippen LogP contribution is 2.15. The summed E-state index contributed by atoms with van der Waals surface area (Å²) >= 11 is 0. The third-order valence-electron chi connectivity index (χ3n) is 3.38. The highest BCUT2D eigenvalue weighted by Gasteiger charge is 2.11. The largest absolute Gasteiger partial charge is 0.309 e. The molecule has 0 spiro atoms. The van der Waals surface area contributed by atoms with Crippen molar-refractivity contribution in [3.63, 3.8) is 0 Å². The van der Waals surface area contributed by atoms with Gasteiger partial charge in [0.25, 0.3) is 10.1 Å². The fourth-order valence-electron chi connectivity index (χ4n) is 2.09. The van der Waals surface area contributed by atoms with E-state index < -0.39 is 10.1 Å². The lowest BCUT2D eigenvalue weighted by Crippen LogP contribution is -2.12. The summed E-state index contributed by atoms with van der Waals surface area (Å²) in [7, 11) is 0.173. The Labute approximate surface area is 142 Å². The quantitative estimate of drug-likeness (QED) is 0.531. The van der Waals surface area contributed by atoms with Crippen molar-refractivity contribution < 1.29 is 13.0 Å². The second-order valence-electron chi connectivity index (χ2n) is 5.79. The van der Waals surface area contributed by atoms with E-state index >= 15 is 0 Å². The van der Waals surface area contributed by atoms with Crippen molar-refractivity contribution in [2.24, 2.45) is 0 Å². The first-order chi connectivity index (χ1) is 10.8. The Hall–Kier alpha value is -1.17. The molecule has 1 N–H and O–H groups in total. The smallest absolute Gasteiger partial charge is 0.295 e. The monoisotopic (exact) mass is 341 g/mol. The van der Waals surface area contributed by atoms with Crippen LogP contribution in [0.25, 0.3) is 6.08 Å². The lowest BCUT2D eigenvalue weighted by atomic mass is 10.1. The van der Waals surface area contributed by atoms with Gasteiger partial charge in [0.2, 0.25) is 0 Å². The molecule has 0 heterocycles. The molecule has 4 nitrogen and oxygen atoms in total. The van der Waals surface area contributed by atoms with Crippen LogP contribution < -0.4 is 0 Å². The van der Waals surface area contributed by atoms with E-state index in [1.807, 2.05) is 0 Å².